The van der Waals surface area contributed by atoms with Gasteiger partial charge in [0.1, 0.15) is 4.34 Å². The molecule has 1 aliphatic rings. The molecule has 0 radical (unpaired) electrons. The van der Waals surface area contributed by atoms with Crippen molar-refractivity contribution >= 4 is 38.9 Å². The molecule has 0 aromatic carbocycles. The van der Waals surface area contributed by atoms with E-state index >= 15 is 0 Å². The minimum absolute atomic E-state index is 0.661. The summed E-state index contributed by atoms with van der Waals surface area (Å²) >= 11 is 11.2. The Morgan fingerprint density at radius 1 is 1.53 bits per heavy atom. The Morgan fingerprint density at radius 3 is 3.00 bits per heavy atom. The maximum atomic E-state index is 6.08. The van der Waals surface area contributed by atoms with E-state index in [0.29, 0.717) is 6.04 Å². The molecular formula is C12H18BrClN2S. The van der Waals surface area contributed by atoms with Crippen molar-refractivity contribution in [1.29, 1.82) is 0 Å². The second kappa shape index (κ2) is 6.53. The lowest BCUT2D eigenvalue weighted by Gasteiger charge is -2.35. The molecule has 2 N–H and O–H groups in total. The van der Waals surface area contributed by atoms with Crippen molar-refractivity contribution in [2.24, 2.45) is 5.73 Å². The summed E-state index contributed by atoms with van der Waals surface area (Å²) in [4.78, 5) is 3.90. The summed E-state index contributed by atoms with van der Waals surface area (Å²) in [5.41, 5.74) is 5.69. The fraction of sp³-hybridized carbons (Fsp3) is 0.667. The van der Waals surface area contributed by atoms with Crippen LogP contribution < -0.4 is 5.73 Å². The van der Waals surface area contributed by atoms with Crippen molar-refractivity contribution in [2.75, 3.05) is 13.1 Å². The fourth-order valence-corrected chi connectivity index (χ4v) is 4.27. The van der Waals surface area contributed by atoms with Gasteiger partial charge in [0.05, 0.1) is 0 Å². The topological polar surface area (TPSA) is 29.3 Å². The van der Waals surface area contributed by atoms with Crippen LogP contribution in [0.2, 0.25) is 4.34 Å². The summed E-state index contributed by atoms with van der Waals surface area (Å²) in [6, 6.07) is 2.80. The molecule has 1 aliphatic heterocycles. The van der Waals surface area contributed by atoms with E-state index in [-0.39, 0.29) is 0 Å². The summed E-state index contributed by atoms with van der Waals surface area (Å²) in [5.74, 6) is 0. The Labute approximate surface area is 120 Å². The second-order valence-electron chi connectivity index (χ2n) is 4.53. The zero-order valence-corrected chi connectivity index (χ0v) is 13.0. The van der Waals surface area contributed by atoms with Gasteiger partial charge in [0.2, 0.25) is 0 Å². The zero-order valence-electron chi connectivity index (χ0n) is 9.79. The van der Waals surface area contributed by atoms with Crippen molar-refractivity contribution in [2.45, 2.75) is 38.3 Å². The van der Waals surface area contributed by atoms with Crippen molar-refractivity contribution in [3.63, 3.8) is 0 Å². The van der Waals surface area contributed by atoms with Gasteiger partial charge >= 0.3 is 0 Å². The normalized spacial score (nSPS) is 21.9. The van der Waals surface area contributed by atoms with Crippen LogP contribution in [0.15, 0.2) is 10.5 Å². The van der Waals surface area contributed by atoms with Gasteiger partial charge in [-0.15, -0.1) is 11.3 Å². The summed E-state index contributed by atoms with van der Waals surface area (Å²) in [6.45, 7) is 2.99. The van der Waals surface area contributed by atoms with Crippen molar-refractivity contribution < 1.29 is 0 Å². The van der Waals surface area contributed by atoms with Gasteiger partial charge in [0.25, 0.3) is 0 Å². The molecule has 2 heterocycles. The third-order valence-corrected chi connectivity index (χ3v) is 5.76. The highest BCUT2D eigenvalue weighted by Gasteiger charge is 2.22. The van der Waals surface area contributed by atoms with Gasteiger partial charge in [-0.3, -0.25) is 4.90 Å². The van der Waals surface area contributed by atoms with Crippen molar-refractivity contribution in [3.8, 4) is 0 Å². The molecule has 0 aliphatic carbocycles. The first-order valence-electron chi connectivity index (χ1n) is 6.08. The van der Waals surface area contributed by atoms with Crippen LogP contribution in [-0.4, -0.2) is 24.0 Å². The van der Waals surface area contributed by atoms with E-state index in [9.17, 15) is 0 Å². The number of rotatable bonds is 4. The molecule has 2 rings (SSSR count). The molecular weight excluding hydrogens is 320 g/mol. The van der Waals surface area contributed by atoms with Crippen LogP contribution in [0.1, 0.15) is 30.6 Å². The minimum Gasteiger partial charge on any atom is -0.330 e. The van der Waals surface area contributed by atoms with E-state index in [1.165, 1.54) is 30.7 Å². The van der Waals surface area contributed by atoms with E-state index in [4.69, 9.17) is 17.3 Å². The lowest BCUT2D eigenvalue weighted by molar-refractivity contribution is 0.135. The van der Waals surface area contributed by atoms with E-state index in [1.54, 1.807) is 11.3 Å². The molecule has 0 spiro atoms. The van der Waals surface area contributed by atoms with Crippen LogP contribution in [0.25, 0.3) is 0 Å². The second-order valence-corrected chi connectivity index (χ2v) is 7.12. The Bertz CT molecular complexity index is 348. The SMILES string of the molecule is NCCC1CCCCN1Cc1cc(Br)c(Cl)s1. The molecule has 1 unspecified atom stereocenters. The quantitative estimate of drug-likeness (QED) is 0.903. The average molecular weight is 338 g/mol. The monoisotopic (exact) mass is 336 g/mol. The Balaban J connectivity index is 2.00. The molecule has 2 nitrogen and oxygen atoms in total. The minimum atomic E-state index is 0.661. The standard InChI is InChI=1S/C12H18BrClN2S/c13-11-7-10(17-12(11)14)8-16-6-2-1-3-9(16)4-5-15/h7,9H,1-6,8,15H2. The Kier molecular flexibility index (Phi) is 5.30. The van der Waals surface area contributed by atoms with E-state index < -0.39 is 0 Å². The van der Waals surface area contributed by atoms with Gasteiger partial charge in [0, 0.05) is 21.9 Å². The van der Waals surface area contributed by atoms with Gasteiger partial charge in [-0.05, 0) is 54.3 Å². The van der Waals surface area contributed by atoms with E-state index in [1.807, 2.05) is 0 Å². The lowest BCUT2D eigenvalue weighted by Crippen LogP contribution is -2.39. The van der Waals surface area contributed by atoms with E-state index in [2.05, 4.69) is 26.9 Å². The molecule has 17 heavy (non-hydrogen) atoms. The smallest absolute Gasteiger partial charge is 0.107 e. The van der Waals surface area contributed by atoms with Crippen LogP contribution in [0.4, 0.5) is 0 Å². The van der Waals surface area contributed by atoms with Gasteiger partial charge in [0.15, 0.2) is 0 Å². The summed E-state index contributed by atoms with van der Waals surface area (Å²) in [5, 5.41) is 0. The molecule has 1 aromatic rings. The highest BCUT2D eigenvalue weighted by molar-refractivity contribution is 9.10. The van der Waals surface area contributed by atoms with Crippen LogP contribution in [0.5, 0.6) is 0 Å². The number of nitrogens with two attached hydrogens (primary N) is 1. The third kappa shape index (κ3) is 3.67. The molecule has 96 valence electrons. The molecule has 1 fully saturated rings. The number of piperidine rings is 1. The third-order valence-electron chi connectivity index (χ3n) is 3.30. The Morgan fingerprint density at radius 2 is 2.35 bits per heavy atom. The number of likely N-dealkylation sites (tertiary alicyclic amines) is 1. The first-order valence-corrected chi connectivity index (χ1v) is 8.07. The number of halogens is 2. The van der Waals surface area contributed by atoms with Gasteiger partial charge in [-0.2, -0.15) is 0 Å². The van der Waals surface area contributed by atoms with E-state index in [0.717, 1.165) is 28.3 Å². The predicted molar refractivity (Wildman–Crippen MR) is 78.7 cm³/mol. The van der Waals surface area contributed by atoms with Crippen LogP contribution in [0.3, 0.4) is 0 Å². The summed E-state index contributed by atoms with van der Waals surface area (Å²) in [7, 11) is 0. The average Bonchev–Trinajstić information content (AvgIpc) is 2.61. The first kappa shape index (κ1) is 13.8. The highest BCUT2D eigenvalue weighted by atomic mass is 79.9. The molecule has 1 atom stereocenters. The summed E-state index contributed by atoms with van der Waals surface area (Å²) in [6.07, 6.45) is 5.05. The molecule has 1 saturated heterocycles. The lowest BCUT2D eigenvalue weighted by atomic mass is 9.99. The van der Waals surface area contributed by atoms with Gasteiger partial charge < -0.3 is 5.73 Å². The highest BCUT2D eigenvalue weighted by Crippen LogP contribution is 2.33. The predicted octanol–water partition coefficient (Wildman–Crippen LogP) is 3.87. The maximum Gasteiger partial charge on any atom is 0.107 e. The van der Waals surface area contributed by atoms with Crippen LogP contribution in [0, 0.1) is 0 Å². The zero-order chi connectivity index (χ0) is 12.3. The summed E-state index contributed by atoms with van der Waals surface area (Å²) < 4.78 is 1.87. The Hall–Kier alpha value is 0.390. The molecule has 5 heteroatoms. The van der Waals surface area contributed by atoms with Crippen LogP contribution in [-0.2, 0) is 6.54 Å². The molecule has 0 amide bonds. The van der Waals surface area contributed by atoms with Gasteiger partial charge in [-0.25, -0.2) is 0 Å². The van der Waals surface area contributed by atoms with Crippen LogP contribution >= 0.6 is 38.9 Å². The van der Waals surface area contributed by atoms with Gasteiger partial charge in [-0.1, -0.05) is 18.0 Å². The maximum absolute atomic E-state index is 6.08. The molecule has 1 aromatic heterocycles. The first-order chi connectivity index (χ1) is 8.20. The fourth-order valence-electron chi connectivity index (χ4n) is 2.46. The molecule has 0 saturated carbocycles. The van der Waals surface area contributed by atoms with Crippen molar-refractivity contribution in [1.82, 2.24) is 4.90 Å². The number of hydrogen-bond donors (Lipinski definition) is 1. The largest absolute Gasteiger partial charge is 0.330 e. The van der Waals surface area contributed by atoms with Crippen molar-refractivity contribution in [3.05, 3.63) is 19.8 Å². The number of nitrogens with zero attached hydrogens (tertiary/aromatic N) is 1. The number of hydrogen-bond acceptors (Lipinski definition) is 3. The number of thiophene rings is 1. The molecule has 0 bridgehead atoms.